The Morgan fingerprint density at radius 2 is 1.92 bits per heavy atom. The maximum Gasteiger partial charge on any atom is 0.284 e. The fourth-order valence-electron chi connectivity index (χ4n) is 3.35. The van der Waals surface area contributed by atoms with E-state index in [1.807, 2.05) is 0 Å². The van der Waals surface area contributed by atoms with Crippen LogP contribution >= 0.6 is 23.2 Å². The van der Waals surface area contributed by atoms with Crippen LogP contribution in [0.4, 0.5) is 5.69 Å². The first-order valence-electron chi connectivity index (χ1n) is 10.8. The van der Waals surface area contributed by atoms with Gasteiger partial charge in [-0.05, 0) is 48.5 Å². The van der Waals surface area contributed by atoms with E-state index in [1.165, 1.54) is 25.5 Å². The van der Waals surface area contributed by atoms with Crippen LogP contribution in [-0.4, -0.2) is 24.2 Å². The van der Waals surface area contributed by atoms with Crippen molar-refractivity contribution in [3.05, 3.63) is 110 Å². The van der Waals surface area contributed by atoms with Gasteiger partial charge in [0.2, 0.25) is 0 Å². The van der Waals surface area contributed by atoms with E-state index in [0.29, 0.717) is 27.1 Å². The maximum absolute atomic E-state index is 12.7. The van der Waals surface area contributed by atoms with Crippen molar-refractivity contribution < 1.29 is 23.6 Å². The summed E-state index contributed by atoms with van der Waals surface area (Å²) in [7, 11) is 1.42. The third-order valence-electron chi connectivity index (χ3n) is 5.18. The molecule has 1 N–H and O–H groups in total. The molecule has 0 aliphatic carbocycles. The molecular weight excluding hydrogens is 521 g/mol. The van der Waals surface area contributed by atoms with E-state index in [1.54, 1.807) is 60.7 Å². The highest BCUT2D eigenvalue weighted by atomic mass is 35.5. The Morgan fingerprint density at radius 1 is 1.11 bits per heavy atom. The Hall–Kier alpha value is -4.34. The number of para-hydroxylation sites is 1. The largest absolute Gasteiger partial charge is 0.497 e. The number of carbonyl (C=O) groups excluding carboxylic acids is 1. The predicted octanol–water partition coefficient (Wildman–Crippen LogP) is 6.51. The summed E-state index contributed by atoms with van der Waals surface area (Å²) in [4.78, 5) is 23.6. The van der Waals surface area contributed by atoms with Crippen molar-refractivity contribution in [2.24, 2.45) is 5.10 Å². The molecule has 4 rings (SSSR count). The van der Waals surface area contributed by atoms with Gasteiger partial charge in [0.25, 0.3) is 11.6 Å². The van der Waals surface area contributed by atoms with Crippen molar-refractivity contribution in [1.29, 1.82) is 0 Å². The number of hydrogen-bond donors (Lipinski definition) is 1. The number of nitro groups is 1. The minimum Gasteiger partial charge on any atom is -0.497 e. The zero-order valence-electron chi connectivity index (χ0n) is 19.3. The molecule has 1 aromatic heterocycles. The van der Waals surface area contributed by atoms with Gasteiger partial charge in [0.15, 0.2) is 0 Å². The molecule has 4 aromatic rings. The number of furan rings is 1. The fraction of sp³-hybridized carbons (Fsp3) is 0.0769. The molecule has 0 bridgehead atoms. The molecule has 3 aromatic carbocycles. The normalized spacial score (nSPS) is 10.9. The van der Waals surface area contributed by atoms with Crippen molar-refractivity contribution >= 4 is 41.0 Å². The van der Waals surface area contributed by atoms with Crippen LogP contribution in [0.3, 0.4) is 0 Å². The molecule has 0 radical (unpaired) electrons. The van der Waals surface area contributed by atoms with E-state index >= 15 is 0 Å². The lowest BCUT2D eigenvalue weighted by atomic mass is 10.1. The summed E-state index contributed by atoms with van der Waals surface area (Å²) in [6, 6.07) is 19.3. The van der Waals surface area contributed by atoms with Crippen molar-refractivity contribution in [2.45, 2.75) is 6.61 Å². The molecule has 0 atom stereocenters. The van der Waals surface area contributed by atoms with Crippen LogP contribution in [0, 0.1) is 10.1 Å². The SMILES string of the molecule is COc1ccc(-c2ccc(/C=N/NC(=O)c3ccccc3OCc3ccc(Cl)cc3Cl)o2)c([N+](=O)[O-])c1. The minimum absolute atomic E-state index is 0.135. The molecule has 188 valence electrons. The summed E-state index contributed by atoms with van der Waals surface area (Å²) in [5.41, 5.74) is 3.51. The topological polar surface area (TPSA) is 116 Å². The zero-order chi connectivity index (χ0) is 26.4. The molecule has 0 unspecified atom stereocenters. The summed E-state index contributed by atoms with van der Waals surface area (Å²) in [5, 5.41) is 16.3. The highest BCUT2D eigenvalue weighted by molar-refractivity contribution is 6.35. The highest BCUT2D eigenvalue weighted by Gasteiger charge is 2.19. The molecule has 0 aliphatic rings. The molecule has 37 heavy (non-hydrogen) atoms. The van der Waals surface area contributed by atoms with Gasteiger partial charge in [-0.3, -0.25) is 14.9 Å². The van der Waals surface area contributed by atoms with Gasteiger partial charge in [-0.1, -0.05) is 41.4 Å². The quantitative estimate of drug-likeness (QED) is 0.147. The van der Waals surface area contributed by atoms with E-state index in [4.69, 9.17) is 37.1 Å². The highest BCUT2D eigenvalue weighted by Crippen LogP contribution is 2.34. The van der Waals surface area contributed by atoms with Crippen molar-refractivity contribution in [3.63, 3.8) is 0 Å². The number of methoxy groups -OCH3 is 1. The van der Waals surface area contributed by atoms with Gasteiger partial charge in [-0.25, -0.2) is 5.43 Å². The number of nitrogens with one attached hydrogen (secondary N) is 1. The number of halogens is 2. The van der Waals surface area contributed by atoms with Gasteiger partial charge in [0, 0.05) is 15.6 Å². The summed E-state index contributed by atoms with van der Waals surface area (Å²) < 4.78 is 16.5. The second kappa shape index (κ2) is 11.6. The Labute approximate surface area is 221 Å². The molecule has 0 fully saturated rings. The van der Waals surface area contributed by atoms with Crippen molar-refractivity contribution in [3.8, 4) is 22.8 Å². The lowest BCUT2D eigenvalue weighted by molar-refractivity contribution is -0.384. The van der Waals surface area contributed by atoms with Crippen molar-refractivity contribution in [2.75, 3.05) is 7.11 Å². The number of rotatable bonds is 9. The number of carbonyl (C=O) groups is 1. The summed E-state index contributed by atoms with van der Waals surface area (Å²) in [5.74, 6) is 0.732. The second-order valence-corrected chi connectivity index (χ2v) is 8.41. The molecule has 0 saturated heterocycles. The molecule has 1 amide bonds. The summed E-state index contributed by atoms with van der Waals surface area (Å²) in [6.07, 6.45) is 1.29. The molecule has 11 heteroatoms. The summed E-state index contributed by atoms with van der Waals surface area (Å²) in [6.45, 7) is 0.135. The number of nitrogens with zero attached hydrogens (tertiary/aromatic N) is 2. The van der Waals surface area contributed by atoms with E-state index in [9.17, 15) is 14.9 Å². The third-order valence-corrected chi connectivity index (χ3v) is 5.77. The number of ether oxygens (including phenoxy) is 2. The number of nitro benzene ring substituents is 1. The predicted molar refractivity (Wildman–Crippen MR) is 140 cm³/mol. The first-order valence-corrected chi connectivity index (χ1v) is 11.5. The Morgan fingerprint density at radius 3 is 2.68 bits per heavy atom. The first-order chi connectivity index (χ1) is 17.9. The van der Waals surface area contributed by atoms with Gasteiger partial charge < -0.3 is 13.9 Å². The fourth-order valence-corrected chi connectivity index (χ4v) is 3.82. The van der Waals surface area contributed by atoms with E-state index in [0.717, 1.165) is 0 Å². The number of hydrazone groups is 1. The van der Waals surface area contributed by atoms with Gasteiger partial charge in [-0.15, -0.1) is 0 Å². The van der Waals surface area contributed by atoms with E-state index in [-0.39, 0.29) is 34.9 Å². The molecule has 1 heterocycles. The standard InChI is InChI=1S/C26H19Cl2N3O6/c1-35-18-8-10-20(23(13-18)31(33)34)25-11-9-19(37-25)14-29-30-26(32)21-4-2-3-5-24(21)36-15-16-6-7-17(27)12-22(16)28/h2-14H,15H2,1H3,(H,30,32)/b29-14+. The van der Waals surface area contributed by atoms with Crippen LogP contribution in [-0.2, 0) is 6.61 Å². The third kappa shape index (κ3) is 6.27. The molecule has 0 spiro atoms. The number of benzene rings is 3. The Kier molecular flexibility index (Phi) is 8.07. The smallest absolute Gasteiger partial charge is 0.284 e. The molecule has 0 aliphatic heterocycles. The van der Waals surface area contributed by atoms with Crippen LogP contribution in [0.25, 0.3) is 11.3 Å². The Balaban J connectivity index is 1.43. The number of hydrogen-bond acceptors (Lipinski definition) is 7. The van der Waals surface area contributed by atoms with Gasteiger partial charge in [-0.2, -0.15) is 5.10 Å². The molecular formula is C26H19Cl2N3O6. The molecule has 0 saturated carbocycles. The zero-order valence-corrected chi connectivity index (χ0v) is 20.8. The maximum atomic E-state index is 12.7. The molecule has 9 nitrogen and oxygen atoms in total. The van der Waals surface area contributed by atoms with Gasteiger partial charge >= 0.3 is 0 Å². The van der Waals surface area contributed by atoms with E-state index in [2.05, 4.69) is 10.5 Å². The van der Waals surface area contributed by atoms with E-state index < -0.39 is 10.8 Å². The van der Waals surface area contributed by atoms with Crippen LogP contribution < -0.4 is 14.9 Å². The first kappa shape index (κ1) is 25.7. The van der Waals surface area contributed by atoms with Crippen LogP contribution in [0.1, 0.15) is 21.7 Å². The monoisotopic (exact) mass is 539 g/mol. The van der Waals surface area contributed by atoms with Gasteiger partial charge in [0.1, 0.15) is 29.6 Å². The lowest BCUT2D eigenvalue weighted by Gasteiger charge is -2.11. The van der Waals surface area contributed by atoms with Crippen LogP contribution in [0.5, 0.6) is 11.5 Å². The Bertz CT molecular complexity index is 1480. The van der Waals surface area contributed by atoms with Crippen LogP contribution in [0.15, 0.2) is 82.3 Å². The lowest BCUT2D eigenvalue weighted by Crippen LogP contribution is -2.18. The average Bonchev–Trinajstić information content (AvgIpc) is 3.36. The summed E-state index contributed by atoms with van der Waals surface area (Å²) >= 11 is 12.1. The second-order valence-electron chi connectivity index (χ2n) is 7.56. The van der Waals surface area contributed by atoms with Crippen LogP contribution in [0.2, 0.25) is 10.0 Å². The minimum atomic E-state index is -0.519. The average molecular weight is 540 g/mol. The van der Waals surface area contributed by atoms with Gasteiger partial charge in [0.05, 0.1) is 35.4 Å². The van der Waals surface area contributed by atoms with Crippen molar-refractivity contribution in [1.82, 2.24) is 5.43 Å². The number of amides is 1.